The summed E-state index contributed by atoms with van der Waals surface area (Å²) in [7, 11) is 1.65. The molecule has 8 heteroatoms. The molecule has 2 rings (SSSR count). The van der Waals surface area contributed by atoms with Gasteiger partial charge in [-0.3, -0.25) is 0 Å². The van der Waals surface area contributed by atoms with Gasteiger partial charge in [0.15, 0.2) is 5.82 Å². The second kappa shape index (κ2) is 7.92. The average Bonchev–Trinajstić information content (AvgIpc) is 2.91. The molecule has 0 unspecified atom stereocenters. The minimum Gasteiger partial charge on any atom is -0.398 e. The Bertz CT molecular complexity index is 575. The predicted molar refractivity (Wildman–Crippen MR) is 80.0 cm³/mol. The van der Waals surface area contributed by atoms with E-state index in [4.69, 9.17) is 26.8 Å². The summed E-state index contributed by atoms with van der Waals surface area (Å²) < 4.78 is 12.0. The summed E-state index contributed by atoms with van der Waals surface area (Å²) in [5, 5.41) is 12.3. The van der Waals surface area contributed by atoms with Gasteiger partial charge >= 0.3 is 0 Å². The summed E-state index contributed by atoms with van der Waals surface area (Å²) in [6, 6.07) is 5.26. The standard InChI is InChI=1S/C13H18ClN5O2/c1-20-7-8-21-6-2-5-19-13(16-17-18-19)11-4-3-10(14)9-12(11)15/h3-4,9H,2,5-8,15H2,1H3. The number of nitrogens with two attached hydrogens (primary N) is 1. The van der Waals surface area contributed by atoms with Crippen LogP contribution in [0.25, 0.3) is 11.4 Å². The lowest BCUT2D eigenvalue weighted by atomic mass is 10.1. The SMILES string of the molecule is COCCOCCCn1nnnc1-c1ccc(Cl)cc1N. The van der Waals surface area contributed by atoms with Gasteiger partial charge in [-0.05, 0) is 35.0 Å². The zero-order valence-electron chi connectivity index (χ0n) is 11.8. The van der Waals surface area contributed by atoms with Crippen molar-refractivity contribution in [2.75, 3.05) is 32.7 Å². The van der Waals surface area contributed by atoms with Crippen LogP contribution in [0.5, 0.6) is 0 Å². The minimum absolute atomic E-state index is 0.551. The maximum Gasteiger partial charge on any atom is 0.184 e. The van der Waals surface area contributed by atoms with Crippen molar-refractivity contribution >= 4 is 17.3 Å². The fourth-order valence-electron chi connectivity index (χ4n) is 1.85. The molecule has 2 aromatic rings. The van der Waals surface area contributed by atoms with Crippen LogP contribution < -0.4 is 5.73 Å². The molecule has 1 aromatic carbocycles. The van der Waals surface area contributed by atoms with Gasteiger partial charge in [-0.25, -0.2) is 4.68 Å². The molecule has 0 spiro atoms. The quantitative estimate of drug-likeness (QED) is 0.589. The van der Waals surface area contributed by atoms with Crippen LogP contribution in [0.15, 0.2) is 18.2 Å². The van der Waals surface area contributed by atoms with E-state index in [-0.39, 0.29) is 0 Å². The number of rotatable bonds is 8. The predicted octanol–water partition coefficient (Wildman–Crippen LogP) is 1.63. The molecule has 0 amide bonds. The Morgan fingerprint density at radius 2 is 2.14 bits per heavy atom. The van der Waals surface area contributed by atoms with E-state index in [1.54, 1.807) is 23.9 Å². The van der Waals surface area contributed by atoms with E-state index in [9.17, 15) is 0 Å². The second-order valence-corrected chi connectivity index (χ2v) is 4.85. The van der Waals surface area contributed by atoms with Gasteiger partial charge in [0.1, 0.15) is 0 Å². The minimum atomic E-state index is 0.551. The number of nitrogens with zero attached hydrogens (tertiary/aromatic N) is 4. The first kappa shape index (κ1) is 15.7. The van der Waals surface area contributed by atoms with Gasteiger partial charge in [-0.15, -0.1) is 5.10 Å². The number of benzene rings is 1. The van der Waals surface area contributed by atoms with Gasteiger partial charge in [0.25, 0.3) is 0 Å². The summed E-state index contributed by atoms with van der Waals surface area (Å²) >= 11 is 5.90. The Hall–Kier alpha value is -1.70. The number of aryl methyl sites for hydroxylation is 1. The van der Waals surface area contributed by atoms with E-state index in [2.05, 4.69) is 15.5 Å². The Labute approximate surface area is 128 Å². The highest BCUT2D eigenvalue weighted by atomic mass is 35.5. The molecule has 0 radical (unpaired) electrons. The first-order valence-corrected chi connectivity index (χ1v) is 6.98. The van der Waals surface area contributed by atoms with E-state index < -0.39 is 0 Å². The molecule has 0 saturated carbocycles. The number of anilines is 1. The molecule has 0 fully saturated rings. The molecule has 2 N–H and O–H groups in total. The van der Waals surface area contributed by atoms with E-state index in [1.807, 2.05) is 6.07 Å². The lowest BCUT2D eigenvalue weighted by Crippen LogP contribution is -2.09. The zero-order chi connectivity index (χ0) is 15.1. The number of ether oxygens (including phenoxy) is 2. The summed E-state index contributed by atoms with van der Waals surface area (Å²) in [4.78, 5) is 0. The number of hydrogen-bond donors (Lipinski definition) is 1. The molecule has 21 heavy (non-hydrogen) atoms. The van der Waals surface area contributed by atoms with Crippen LogP contribution in [0.4, 0.5) is 5.69 Å². The van der Waals surface area contributed by atoms with Gasteiger partial charge in [-0.2, -0.15) is 0 Å². The number of hydrogen-bond acceptors (Lipinski definition) is 6. The number of aromatic nitrogens is 4. The van der Waals surface area contributed by atoms with Crippen molar-refractivity contribution < 1.29 is 9.47 Å². The first-order valence-electron chi connectivity index (χ1n) is 6.60. The van der Waals surface area contributed by atoms with Gasteiger partial charge < -0.3 is 15.2 Å². The van der Waals surface area contributed by atoms with Gasteiger partial charge in [0.05, 0.1) is 13.2 Å². The molecule has 7 nitrogen and oxygen atoms in total. The van der Waals surface area contributed by atoms with Crippen LogP contribution in [0.3, 0.4) is 0 Å². The molecular weight excluding hydrogens is 294 g/mol. The molecule has 0 aliphatic rings. The Morgan fingerprint density at radius 3 is 2.90 bits per heavy atom. The maximum absolute atomic E-state index is 5.96. The van der Waals surface area contributed by atoms with Gasteiger partial charge in [0, 0.05) is 36.5 Å². The van der Waals surface area contributed by atoms with E-state index in [0.29, 0.717) is 42.9 Å². The fourth-order valence-corrected chi connectivity index (χ4v) is 2.03. The lowest BCUT2D eigenvalue weighted by Gasteiger charge is -2.07. The topological polar surface area (TPSA) is 88.1 Å². The molecule has 0 aliphatic carbocycles. The molecule has 0 bridgehead atoms. The van der Waals surface area contributed by atoms with Crippen molar-refractivity contribution in [3.05, 3.63) is 23.2 Å². The smallest absolute Gasteiger partial charge is 0.184 e. The Morgan fingerprint density at radius 1 is 1.29 bits per heavy atom. The van der Waals surface area contributed by atoms with Crippen LogP contribution >= 0.6 is 11.6 Å². The number of methoxy groups -OCH3 is 1. The molecule has 0 atom stereocenters. The maximum atomic E-state index is 5.96. The summed E-state index contributed by atoms with van der Waals surface area (Å²) in [5.41, 5.74) is 7.28. The summed E-state index contributed by atoms with van der Waals surface area (Å²) in [5.74, 6) is 0.626. The van der Waals surface area contributed by atoms with E-state index in [1.165, 1.54) is 0 Å². The van der Waals surface area contributed by atoms with Crippen LogP contribution in [0.2, 0.25) is 5.02 Å². The molecular formula is C13H18ClN5O2. The third-order valence-electron chi connectivity index (χ3n) is 2.88. The van der Waals surface area contributed by atoms with Crippen molar-refractivity contribution in [3.63, 3.8) is 0 Å². The van der Waals surface area contributed by atoms with E-state index >= 15 is 0 Å². The summed E-state index contributed by atoms with van der Waals surface area (Å²) in [6.07, 6.45) is 0.801. The van der Waals surface area contributed by atoms with Crippen LogP contribution in [0.1, 0.15) is 6.42 Å². The second-order valence-electron chi connectivity index (χ2n) is 4.42. The molecule has 0 saturated heterocycles. The summed E-state index contributed by atoms with van der Waals surface area (Å²) in [6.45, 7) is 2.46. The van der Waals surface area contributed by atoms with E-state index in [0.717, 1.165) is 12.0 Å². The van der Waals surface area contributed by atoms with Crippen molar-refractivity contribution in [1.29, 1.82) is 0 Å². The monoisotopic (exact) mass is 311 g/mol. The van der Waals surface area contributed by atoms with Crippen molar-refractivity contribution in [1.82, 2.24) is 20.2 Å². The molecule has 1 heterocycles. The largest absolute Gasteiger partial charge is 0.398 e. The average molecular weight is 312 g/mol. The number of nitrogen functional groups attached to an aromatic ring is 1. The highest BCUT2D eigenvalue weighted by molar-refractivity contribution is 6.31. The molecule has 114 valence electrons. The van der Waals surface area contributed by atoms with Crippen LogP contribution in [-0.2, 0) is 16.0 Å². The zero-order valence-corrected chi connectivity index (χ0v) is 12.6. The van der Waals surface area contributed by atoms with Crippen LogP contribution in [0, 0.1) is 0 Å². The van der Waals surface area contributed by atoms with Gasteiger partial charge in [-0.1, -0.05) is 11.6 Å². The van der Waals surface area contributed by atoms with Crippen LogP contribution in [-0.4, -0.2) is 47.1 Å². The highest BCUT2D eigenvalue weighted by Crippen LogP contribution is 2.26. The van der Waals surface area contributed by atoms with Crippen molar-refractivity contribution in [2.24, 2.45) is 0 Å². The third kappa shape index (κ3) is 4.38. The van der Waals surface area contributed by atoms with Crippen molar-refractivity contribution in [2.45, 2.75) is 13.0 Å². The van der Waals surface area contributed by atoms with Gasteiger partial charge in [0.2, 0.25) is 0 Å². The van der Waals surface area contributed by atoms with Crippen molar-refractivity contribution in [3.8, 4) is 11.4 Å². The lowest BCUT2D eigenvalue weighted by molar-refractivity contribution is 0.0677. The highest BCUT2D eigenvalue weighted by Gasteiger charge is 2.12. The number of tetrazole rings is 1. The Balaban J connectivity index is 1.95. The molecule has 0 aliphatic heterocycles. The fraction of sp³-hybridized carbons (Fsp3) is 0.462. The number of halogens is 1. The third-order valence-corrected chi connectivity index (χ3v) is 3.11. The first-order chi connectivity index (χ1) is 10.2. The Kier molecular flexibility index (Phi) is 5.91. The molecule has 1 aromatic heterocycles. The normalized spacial score (nSPS) is 11.0.